The van der Waals surface area contributed by atoms with Gasteiger partial charge < -0.3 is 15.2 Å². The Morgan fingerprint density at radius 2 is 1.96 bits per heavy atom. The van der Waals surface area contributed by atoms with Crippen molar-refractivity contribution in [1.29, 1.82) is 0 Å². The molecule has 0 bridgehead atoms. The molecule has 1 aliphatic rings. The van der Waals surface area contributed by atoms with Gasteiger partial charge in [0.25, 0.3) is 0 Å². The first-order valence-corrected chi connectivity index (χ1v) is 7.91. The zero-order valence-corrected chi connectivity index (χ0v) is 13.7. The van der Waals surface area contributed by atoms with E-state index >= 15 is 0 Å². The smallest absolute Gasteiger partial charge is 0.307 e. The second-order valence-corrected chi connectivity index (χ2v) is 6.11. The Morgan fingerprint density at radius 1 is 1.24 bits per heavy atom. The minimum absolute atomic E-state index is 0.0800. The quantitative estimate of drug-likeness (QED) is 0.845. The molecule has 1 aliphatic carbocycles. The molecule has 2 N–H and O–H groups in total. The highest BCUT2D eigenvalue weighted by Gasteiger charge is 2.52. The third-order valence-corrected chi connectivity index (χ3v) is 4.46. The maximum atomic E-state index is 14.0. The molecule has 3 rings (SSSR count). The molecule has 2 aromatic rings. The molecule has 0 atom stereocenters. The lowest BCUT2D eigenvalue weighted by Gasteiger charge is -2.18. The maximum absolute atomic E-state index is 14.0. The molecular formula is C19H18FNO4. The molecule has 0 aromatic heterocycles. The molecule has 25 heavy (non-hydrogen) atoms. The lowest BCUT2D eigenvalue weighted by molar-refractivity contribution is -0.136. The number of carboxylic acids is 1. The average molecular weight is 343 g/mol. The van der Waals surface area contributed by atoms with Gasteiger partial charge >= 0.3 is 5.97 Å². The van der Waals surface area contributed by atoms with Crippen LogP contribution in [0.4, 0.5) is 10.1 Å². The molecule has 1 saturated carbocycles. The van der Waals surface area contributed by atoms with Gasteiger partial charge in [-0.1, -0.05) is 24.3 Å². The van der Waals surface area contributed by atoms with Crippen LogP contribution >= 0.6 is 0 Å². The van der Waals surface area contributed by atoms with Crippen LogP contribution in [-0.2, 0) is 21.4 Å². The van der Waals surface area contributed by atoms with Gasteiger partial charge in [0.2, 0.25) is 5.91 Å². The Labute approximate surface area is 144 Å². The van der Waals surface area contributed by atoms with Crippen molar-refractivity contribution in [1.82, 2.24) is 0 Å². The fraction of sp³-hybridized carbons (Fsp3) is 0.263. The summed E-state index contributed by atoms with van der Waals surface area (Å²) in [6.45, 7) is 0. The van der Waals surface area contributed by atoms with Gasteiger partial charge in [0.05, 0.1) is 18.9 Å². The second kappa shape index (κ2) is 6.55. The summed E-state index contributed by atoms with van der Waals surface area (Å²) in [5.41, 5.74) is 0.537. The van der Waals surface area contributed by atoms with Crippen LogP contribution in [0.15, 0.2) is 42.5 Å². The molecule has 1 amide bonds. The Kier molecular flexibility index (Phi) is 4.44. The fourth-order valence-electron chi connectivity index (χ4n) is 2.97. The second-order valence-electron chi connectivity index (χ2n) is 6.11. The van der Waals surface area contributed by atoms with Crippen molar-refractivity contribution >= 4 is 17.6 Å². The lowest BCUT2D eigenvalue weighted by Crippen LogP contribution is -2.28. The normalized spacial score (nSPS) is 14.6. The number of carbonyl (C=O) groups is 2. The van der Waals surface area contributed by atoms with Gasteiger partial charge in [0, 0.05) is 11.3 Å². The van der Waals surface area contributed by atoms with Crippen molar-refractivity contribution < 1.29 is 23.8 Å². The van der Waals surface area contributed by atoms with Crippen molar-refractivity contribution in [2.24, 2.45) is 0 Å². The van der Waals surface area contributed by atoms with Gasteiger partial charge in [0.15, 0.2) is 0 Å². The number of hydrogen-bond donors (Lipinski definition) is 2. The zero-order valence-electron chi connectivity index (χ0n) is 13.7. The summed E-state index contributed by atoms with van der Waals surface area (Å²) in [6, 6.07) is 11.4. The van der Waals surface area contributed by atoms with E-state index in [1.165, 1.54) is 12.1 Å². The molecule has 0 aliphatic heterocycles. The van der Waals surface area contributed by atoms with Crippen LogP contribution in [0.1, 0.15) is 24.0 Å². The highest BCUT2D eigenvalue weighted by atomic mass is 19.1. The Bertz CT molecular complexity index is 830. The molecule has 0 heterocycles. The summed E-state index contributed by atoms with van der Waals surface area (Å²) in [4.78, 5) is 23.4. The zero-order chi connectivity index (χ0) is 18.0. The molecule has 0 radical (unpaired) electrons. The number of carboxylic acid groups (broad SMARTS) is 1. The van der Waals surface area contributed by atoms with E-state index in [1.54, 1.807) is 7.11 Å². The number of methoxy groups -OCH3 is 1. The molecule has 0 unspecified atom stereocenters. The average Bonchev–Trinajstić information content (AvgIpc) is 3.39. The summed E-state index contributed by atoms with van der Waals surface area (Å²) in [6.07, 6.45) is 0.989. The summed E-state index contributed by atoms with van der Waals surface area (Å²) < 4.78 is 19.3. The molecule has 130 valence electrons. The standard InChI is InChI=1S/C19H18FNO4/c1-25-16-5-3-2-4-14(16)19(8-9-19)18(24)21-13-7-6-12(10-17(22)23)15(20)11-13/h2-7,11H,8-10H2,1H3,(H,21,24)(H,22,23). The predicted molar refractivity (Wildman–Crippen MR) is 90.3 cm³/mol. The SMILES string of the molecule is COc1ccccc1C1(C(=O)Nc2ccc(CC(=O)O)c(F)c2)CC1. The van der Waals surface area contributed by atoms with Crippen LogP contribution in [-0.4, -0.2) is 24.1 Å². The van der Waals surface area contributed by atoms with E-state index in [-0.39, 0.29) is 11.5 Å². The van der Waals surface area contributed by atoms with E-state index in [1.807, 2.05) is 24.3 Å². The first-order valence-electron chi connectivity index (χ1n) is 7.91. The van der Waals surface area contributed by atoms with Gasteiger partial charge in [-0.3, -0.25) is 9.59 Å². The highest BCUT2D eigenvalue weighted by molar-refractivity contribution is 6.01. The minimum Gasteiger partial charge on any atom is -0.496 e. The highest BCUT2D eigenvalue weighted by Crippen LogP contribution is 2.51. The van der Waals surface area contributed by atoms with E-state index in [4.69, 9.17) is 9.84 Å². The fourth-order valence-corrected chi connectivity index (χ4v) is 2.97. The maximum Gasteiger partial charge on any atom is 0.307 e. The molecule has 1 fully saturated rings. The molecule has 2 aromatic carbocycles. The van der Waals surface area contributed by atoms with Crippen molar-refractivity contribution in [2.45, 2.75) is 24.7 Å². The number of ether oxygens (including phenoxy) is 1. The van der Waals surface area contributed by atoms with Gasteiger partial charge in [0.1, 0.15) is 11.6 Å². The van der Waals surface area contributed by atoms with Gasteiger partial charge in [-0.05, 0) is 36.6 Å². The van der Waals surface area contributed by atoms with Crippen LogP contribution in [0, 0.1) is 5.82 Å². The number of halogens is 1. The first-order chi connectivity index (χ1) is 12.0. The monoisotopic (exact) mass is 343 g/mol. The number of benzene rings is 2. The number of anilines is 1. The van der Waals surface area contributed by atoms with Crippen molar-refractivity contribution in [2.75, 3.05) is 12.4 Å². The molecule has 5 nitrogen and oxygen atoms in total. The number of nitrogens with one attached hydrogen (secondary N) is 1. The van der Waals surface area contributed by atoms with Crippen molar-refractivity contribution in [3.8, 4) is 5.75 Å². The van der Waals surface area contributed by atoms with E-state index in [0.29, 0.717) is 24.3 Å². The summed E-state index contributed by atoms with van der Waals surface area (Å²) in [5, 5.41) is 11.5. The van der Waals surface area contributed by atoms with Crippen LogP contribution in [0.2, 0.25) is 0 Å². The first kappa shape index (κ1) is 17.0. The molecule has 6 heteroatoms. The summed E-state index contributed by atoms with van der Waals surface area (Å²) in [5.74, 6) is -1.33. The minimum atomic E-state index is -1.11. The summed E-state index contributed by atoms with van der Waals surface area (Å²) in [7, 11) is 1.56. The Morgan fingerprint density at radius 3 is 2.56 bits per heavy atom. The molecular weight excluding hydrogens is 325 g/mol. The predicted octanol–water partition coefficient (Wildman–Crippen LogP) is 3.13. The lowest BCUT2D eigenvalue weighted by atomic mass is 9.93. The van der Waals surface area contributed by atoms with Crippen molar-refractivity contribution in [3.63, 3.8) is 0 Å². The van der Waals surface area contributed by atoms with E-state index in [0.717, 1.165) is 11.6 Å². The Balaban J connectivity index is 1.80. The topological polar surface area (TPSA) is 75.6 Å². The van der Waals surface area contributed by atoms with E-state index < -0.39 is 23.6 Å². The number of hydrogen-bond acceptors (Lipinski definition) is 3. The third-order valence-electron chi connectivity index (χ3n) is 4.46. The number of carbonyl (C=O) groups excluding carboxylic acids is 1. The van der Waals surface area contributed by atoms with E-state index in [2.05, 4.69) is 5.32 Å². The van der Waals surface area contributed by atoms with Gasteiger partial charge in [-0.25, -0.2) is 4.39 Å². The van der Waals surface area contributed by atoms with Gasteiger partial charge in [-0.2, -0.15) is 0 Å². The molecule has 0 spiro atoms. The number of rotatable bonds is 6. The van der Waals surface area contributed by atoms with Crippen LogP contribution < -0.4 is 10.1 Å². The Hall–Kier alpha value is -2.89. The van der Waals surface area contributed by atoms with Crippen LogP contribution in [0.25, 0.3) is 0 Å². The van der Waals surface area contributed by atoms with Crippen LogP contribution in [0.3, 0.4) is 0 Å². The van der Waals surface area contributed by atoms with E-state index in [9.17, 15) is 14.0 Å². The summed E-state index contributed by atoms with van der Waals surface area (Å²) >= 11 is 0. The number of amides is 1. The third kappa shape index (κ3) is 3.33. The number of aliphatic carboxylic acids is 1. The van der Waals surface area contributed by atoms with Crippen molar-refractivity contribution in [3.05, 3.63) is 59.4 Å². The number of para-hydroxylation sites is 1. The molecule has 0 saturated heterocycles. The van der Waals surface area contributed by atoms with Crippen LogP contribution in [0.5, 0.6) is 5.75 Å². The van der Waals surface area contributed by atoms with Gasteiger partial charge in [-0.15, -0.1) is 0 Å². The largest absolute Gasteiger partial charge is 0.496 e.